The number of hydrazine groups is 1. The highest BCUT2D eigenvalue weighted by Gasteiger charge is 2.50. The van der Waals surface area contributed by atoms with Crippen LogP contribution in [-0.2, 0) is 22.2 Å². The van der Waals surface area contributed by atoms with Gasteiger partial charge in [0.15, 0.2) is 5.16 Å². The lowest BCUT2D eigenvalue weighted by atomic mass is 9.92. The summed E-state index contributed by atoms with van der Waals surface area (Å²) in [7, 11) is 3.41. The molecule has 9 nitrogen and oxygen atoms in total. The standard InChI is InChI=1S/C21H21N5O4S/c1-21(13-8-10-14(30-3)11-9-13)18(28)26(19(29)23-21)24-17(27)12-31-20-22-15-6-4-5-7-16(15)25(20)2/h4-11H,12H2,1-3H3,(H,23,29)(H,24,27). The number of fused-ring (bicyclic) bond motifs is 1. The molecule has 0 bridgehead atoms. The van der Waals surface area contributed by atoms with Gasteiger partial charge >= 0.3 is 6.03 Å². The van der Waals surface area contributed by atoms with Crippen molar-refractivity contribution in [2.24, 2.45) is 7.05 Å². The van der Waals surface area contributed by atoms with E-state index >= 15 is 0 Å². The van der Waals surface area contributed by atoms with Gasteiger partial charge in [-0.15, -0.1) is 0 Å². The predicted octanol–water partition coefficient (Wildman–Crippen LogP) is 2.17. The summed E-state index contributed by atoms with van der Waals surface area (Å²) in [6.07, 6.45) is 0. The number of imide groups is 1. The van der Waals surface area contributed by atoms with E-state index in [0.29, 0.717) is 16.5 Å². The minimum Gasteiger partial charge on any atom is -0.497 e. The number of para-hydroxylation sites is 2. The van der Waals surface area contributed by atoms with Crippen molar-refractivity contribution in [3.05, 3.63) is 54.1 Å². The molecule has 1 aliphatic rings. The van der Waals surface area contributed by atoms with Crippen molar-refractivity contribution < 1.29 is 19.1 Å². The summed E-state index contributed by atoms with van der Waals surface area (Å²) in [6.45, 7) is 1.59. The maximum atomic E-state index is 12.9. The minimum absolute atomic E-state index is 0.00648. The van der Waals surface area contributed by atoms with Gasteiger partial charge in [-0.1, -0.05) is 36.0 Å². The molecule has 4 amide bonds. The lowest BCUT2D eigenvalue weighted by molar-refractivity contribution is -0.138. The van der Waals surface area contributed by atoms with Gasteiger partial charge in [0.1, 0.15) is 11.3 Å². The van der Waals surface area contributed by atoms with Crippen molar-refractivity contribution in [3.8, 4) is 5.75 Å². The van der Waals surface area contributed by atoms with Gasteiger partial charge in [0.05, 0.1) is 23.9 Å². The van der Waals surface area contributed by atoms with Crippen molar-refractivity contribution in [1.29, 1.82) is 0 Å². The van der Waals surface area contributed by atoms with E-state index in [1.807, 2.05) is 35.9 Å². The fourth-order valence-corrected chi connectivity index (χ4v) is 4.18. The second-order valence-electron chi connectivity index (χ2n) is 7.19. The van der Waals surface area contributed by atoms with Crippen molar-refractivity contribution in [3.63, 3.8) is 0 Å². The van der Waals surface area contributed by atoms with E-state index in [9.17, 15) is 14.4 Å². The van der Waals surface area contributed by atoms with Crippen LogP contribution >= 0.6 is 11.8 Å². The molecule has 0 radical (unpaired) electrons. The van der Waals surface area contributed by atoms with Crippen LogP contribution in [0.1, 0.15) is 12.5 Å². The lowest BCUT2D eigenvalue weighted by Gasteiger charge is -2.22. The van der Waals surface area contributed by atoms with Crippen LogP contribution in [-0.4, -0.2) is 45.3 Å². The van der Waals surface area contributed by atoms with E-state index in [1.165, 1.54) is 11.8 Å². The number of aromatic nitrogens is 2. The number of ether oxygens (including phenoxy) is 1. The molecule has 0 aliphatic carbocycles. The van der Waals surface area contributed by atoms with Gasteiger partial charge in [0, 0.05) is 7.05 Å². The number of thioether (sulfide) groups is 1. The number of carbonyl (C=O) groups excluding carboxylic acids is 3. The number of rotatable bonds is 6. The largest absolute Gasteiger partial charge is 0.497 e. The second-order valence-corrected chi connectivity index (χ2v) is 8.13. The number of nitrogens with one attached hydrogen (secondary N) is 2. The maximum Gasteiger partial charge on any atom is 0.344 e. The Morgan fingerprint density at radius 1 is 1.19 bits per heavy atom. The molecule has 1 aliphatic heterocycles. The summed E-state index contributed by atoms with van der Waals surface area (Å²) >= 11 is 1.22. The molecule has 0 saturated carbocycles. The van der Waals surface area contributed by atoms with E-state index in [2.05, 4.69) is 15.7 Å². The highest BCUT2D eigenvalue weighted by Crippen LogP contribution is 2.29. The molecule has 2 aromatic carbocycles. The summed E-state index contributed by atoms with van der Waals surface area (Å²) in [6, 6.07) is 13.8. The number of amides is 4. The average Bonchev–Trinajstić information content (AvgIpc) is 3.21. The molecule has 10 heteroatoms. The van der Waals surface area contributed by atoms with Crippen molar-refractivity contribution >= 4 is 40.6 Å². The Kier molecular flexibility index (Phi) is 5.32. The first-order valence-electron chi connectivity index (χ1n) is 9.48. The van der Waals surface area contributed by atoms with Gasteiger partial charge in [-0.3, -0.25) is 15.0 Å². The van der Waals surface area contributed by atoms with Gasteiger partial charge in [0.2, 0.25) is 5.91 Å². The molecule has 1 fully saturated rings. The first kappa shape index (κ1) is 20.7. The Bertz CT molecular complexity index is 1180. The Morgan fingerprint density at radius 3 is 2.58 bits per heavy atom. The van der Waals surface area contributed by atoms with E-state index < -0.39 is 23.4 Å². The summed E-state index contributed by atoms with van der Waals surface area (Å²) in [5.41, 5.74) is 3.47. The third kappa shape index (κ3) is 3.70. The molecule has 1 unspecified atom stereocenters. The SMILES string of the molecule is COc1ccc(C2(C)NC(=O)N(NC(=O)CSc3nc4ccccc4n3C)C2=O)cc1. The Morgan fingerprint density at radius 2 is 1.90 bits per heavy atom. The zero-order valence-corrected chi connectivity index (χ0v) is 18.0. The topological polar surface area (TPSA) is 106 Å². The van der Waals surface area contributed by atoms with Crippen LogP contribution in [0.25, 0.3) is 11.0 Å². The number of nitrogens with zero attached hydrogens (tertiary/aromatic N) is 3. The third-order valence-corrected chi connectivity index (χ3v) is 6.20. The zero-order chi connectivity index (χ0) is 22.2. The van der Waals surface area contributed by atoms with Crippen LogP contribution in [0.5, 0.6) is 5.75 Å². The molecule has 4 rings (SSSR count). The summed E-state index contributed by atoms with van der Waals surface area (Å²) in [5, 5.41) is 4.04. The molecule has 31 heavy (non-hydrogen) atoms. The van der Waals surface area contributed by atoms with Crippen molar-refractivity contribution in [1.82, 2.24) is 25.3 Å². The molecule has 3 aromatic rings. The fraction of sp³-hybridized carbons (Fsp3) is 0.238. The number of hydrogen-bond acceptors (Lipinski definition) is 6. The van der Waals surface area contributed by atoms with E-state index in [0.717, 1.165) is 16.0 Å². The first-order chi connectivity index (χ1) is 14.8. The average molecular weight is 439 g/mol. The normalized spacial score (nSPS) is 18.4. The van der Waals surface area contributed by atoms with Gasteiger partial charge in [-0.2, -0.15) is 5.01 Å². The van der Waals surface area contributed by atoms with E-state index in [-0.39, 0.29) is 5.75 Å². The molecule has 1 atom stereocenters. The third-order valence-electron chi connectivity index (χ3n) is 5.17. The minimum atomic E-state index is -1.29. The van der Waals surface area contributed by atoms with Crippen LogP contribution in [0.2, 0.25) is 0 Å². The highest BCUT2D eigenvalue weighted by molar-refractivity contribution is 7.99. The van der Waals surface area contributed by atoms with Crippen molar-refractivity contribution in [2.75, 3.05) is 12.9 Å². The Hall–Kier alpha value is -3.53. The predicted molar refractivity (Wildman–Crippen MR) is 115 cm³/mol. The zero-order valence-electron chi connectivity index (χ0n) is 17.2. The quantitative estimate of drug-likeness (QED) is 0.451. The van der Waals surface area contributed by atoms with Crippen LogP contribution in [0.15, 0.2) is 53.7 Å². The second kappa shape index (κ2) is 7.95. The van der Waals surface area contributed by atoms with Crippen LogP contribution < -0.4 is 15.5 Å². The van der Waals surface area contributed by atoms with Crippen molar-refractivity contribution in [2.45, 2.75) is 17.6 Å². The number of benzene rings is 2. The van der Waals surface area contributed by atoms with Gasteiger partial charge in [-0.25, -0.2) is 9.78 Å². The maximum absolute atomic E-state index is 12.9. The lowest BCUT2D eigenvalue weighted by Crippen LogP contribution is -2.48. The summed E-state index contributed by atoms with van der Waals surface area (Å²) in [5.74, 6) is -0.426. The molecular weight excluding hydrogens is 418 g/mol. The van der Waals surface area contributed by atoms with Gasteiger partial charge in [-0.05, 0) is 36.8 Å². The number of urea groups is 1. The highest BCUT2D eigenvalue weighted by atomic mass is 32.2. The van der Waals surface area contributed by atoms with Crippen LogP contribution in [0.3, 0.4) is 0 Å². The van der Waals surface area contributed by atoms with Gasteiger partial charge in [0.25, 0.3) is 5.91 Å². The number of carbonyl (C=O) groups is 3. The summed E-state index contributed by atoms with van der Waals surface area (Å²) in [4.78, 5) is 42.3. The number of aryl methyl sites for hydroxylation is 1. The Balaban J connectivity index is 1.43. The smallest absolute Gasteiger partial charge is 0.344 e. The summed E-state index contributed by atoms with van der Waals surface area (Å²) < 4.78 is 7.02. The molecule has 160 valence electrons. The molecule has 2 heterocycles. The Labute approximate surface area is 182 Å². The van der Waals surface area contributed by atoms with E-state index in [4.69, 9.17) is 4.74 Å². The molecule has 1 aromatic heterocycles. The monoisotopic (exact) mass is 439 g/mol. The van der Waals surface area contributed by atoms with Crippen LogP contribution in [0, 0.1) is 0 Å². The number of imidazole rings is 1. The van der Waals surface area contributed by atoms with E-state index in [1.54, 1.807) is 38.3 Å². The first-order valence-corrected chi connectivity index (χ1v) is 10.5. The van der Waals surface area contributed by atoms with Gasteiger partial charge < -0.3 is 14.6 Å². The number of methoxy groups -OCH3 is 1. The number of hydrogen-bond donors (Lipinski definition) is 2. The molecular formula is C21H21N5O4S. The van der Waals surface area contributed by atoms with Crippen LogP contribution in [0.4, 0.5) is 4.79 Å². The molecule has 2 N–H and O–H groups in total. The fourth-order valence-electron chi connectivity index (χ4n) is 3.40. The molecule has 0 spiro atoms. The molecule has 1 saturated heterocycles.